The molecule has 0 amide bonds. The minimum atomic E-state index is -2.81. The van der Waals surface area contributed by atoms with Crippen LogP contribution in [0, 0.1) is 0 Å². The van der Waals surface area contributed by atoms with E-state index in [4.69, 9.17) is 0 Å². The SMILES string of the molecule is c1ccc(-n2c3ccccc3c3ccc(-n4c5ccccc5c5c([Si](c6ccccc6)(c6ccccc6)c6ccccc6)cccc54)cc32)cc1. The predicted octanol–water partition coefficient (Wildman–Crippen LogP) is 9.26. The van der Waals surface area contributed by atoms with Crippen LogP contribution in [0.3, 0.4) is 0 Å². The molecule has 10 aromatic rings. The number of nitrogens with zero attached hydrogens (tertiary/aromatic N) is 2. The van der Waals surface area contributed by atoms with Crippen molar-refractivity contribution in [3.8, 4) is 11.4 Å². The first-order chi connectivity index (χ1) is 25.3. The summed E-state index contributed by atoms with van der Waals surface area (Å²) in [6.45, 7) is 0. The van der Waals surface area contributed by atoms with Gasteiger partial charge in [-0.05, 0) is 63.2 Å². The third-order valence-electron chi connectivity index (χ3n) is 10.7. The van der Waals surface area contributed by atoms with Crippen molar-refractivity contribution in [3.63, 3.8) is 0 Å². The molecule has 0 saturated heterocycles. The van der Waals surface area contributed by atoms with Crippen LogP contribution in [-0.4, -0.2) is 17.2 Å². The molecule has 0 aliphatic rings. The fourth-order valence-corrected chi connectivity index (χ4v) is 13.6. The molecular weight excluding hydrogens is 633 g/mol. The number of aromatic nitrogens is 2. The van der Waals surface area contributed by atoms with Crippen LogP contribution in [0.25, 0.3) is 55.0 Å². The topological polar surface area (TPSA) is 9.86 Å². The molecule has 0 spiro atoms. The van der Waals surface area contributed by atoms with Gasteiger partial charge in [-0.25, -0.2) is 0 Å². The second-order valence-corrected chi connectivity index (χ2v) is 17.1. The Bertz CT molecular complexity index is 2740. The molecule has 0 fully saturated rings. The number of rotatable bonds is 6. The molecule has 8 aromatic carbocycles. The fraction of sp³-hybridized carbons (Fsp3) is 0. The summed E-state index contributed by atoms with van der Waals surface area (Å²) < 4.78 is 4.90. The highest BCUT2D eigenvalue weighted by molar-refractivity contribution is 7.20. The monoisotopic (exact) mass is 666 g/mol. The van der Waals surface area contributed by atoms with E-state index in [0.29, 0.717) is 0 Å². The molecule has 10 rings (SSSR count). The van der Waals surface area contributed by atoms with Gasteiger partial charge in [0.1, 0.15) is 0 Å². The lowest BCUT2D eigenvalue weighted by molar-refractivity contribution is 1.15. The largest absolute Gasteiger partial charge is 0.309 e. The maximum absolute atomic E-state index is 2.81. The molecule has 240 valence electrons. The fourth-order valence-electron chi connectivity index (χ4n) is 8.59. The van der Waals surface area contributed by atoms with Crippen LogP contribution in [0.1, 0.15) is 0 Å². The highest BCUT2D eigenvalue weighted by Gasteiger charge is 2.43. The van der Waals surface area contributed by atoms with Gasteiger partial charge in [0.05, 0.1) is 22.1 Å². The molecule has 0 radical (unpaired) electrons. The zero-order valence-electron chi connectivity index (χ0n) is 28.0. The van der Waals surface area contributed by atoms with Gasteiger partial charge in [0.25, 0.3) is 0 Å². The summed E-state index contributed by atoms with van der Waals surface area (Å²) in [5, 5.41) is 10.6. The highest BCUT2D eigenvalue weighted by atomic mass is 28.3. The smallest absolute Gasteiger partial charge is 0.180 e. The van der Waals surface area contributed by atoms with Gasteiger partial charge in [0.2, 0.25) is 0 Å². The lowest BCUT2D eigenvalue weighted by Gasteiger charge is -2.35. The summed E-state index contributed by atoms with van der Waals surface area (Å²) in [5.74, 6) is 0. The first-order valence-corrected chi connectivity index (χ1v) is 19.6. The molecule has 51 heavy (non-hydrogen) atoms. The molecule has 0 bridgehead atoms. The van der Waals surface area contributed by atoms with Crippen molar-refractivity contribution in [2.24, 2.45) is 0 Å². The lowest BCUT2D eigenvalue weighted by atomic mass is 10.1. The van der Waals surface area contributed by atoms with Crippen molar-refractivity contribution in [1.82, 2.24) is 9.13 Å². The van der Waals surface area contributed by atoms with E-state index in [-0.39, 0.29) is 0 Å². The quantitative estimate of drug-likeness (QED) is 0.124. The second kappa shape index (κ2) is 11.9. The Balaban J connectivity index is 1.33. The van der Waals surface area contributed by atoms with Crippen molar-refractivity contribution in [2.75, 3.05) is 0 Å². The molecule has 0 aliphatic heterocycles. The third kappa shape index (κ3) is 4.42. The van der Waals surface area contributed by atoms with Crippen LogP contribution < -0.4 is 20.7 Å². The van der Waals surface area contributed by atoms with E-state index in [1.807, 2.05) is 0 Å². The average molecular weight is 667 g/mol. The van der Waals surface area contributed by atoms with E-state index in [9.17, 15) is 0 Å². The van der Waals surface area contributed by atoms with Crippen LogP contribution >= 0.6 is 0 Å². The van der Waals surface area contributed by atoms with Gasteiger partial charge in [0, 0.05) is 32.9 Å². The van der Waals surface area contributed by atoms with Crippen LogP contribution in [0.4, 0.5) is 0 Å². The zero-order chi connectivity index (χ0) is 33.8. The summed E-state index contributed by atoms with van der Waals surface area (Å²) in [6.07, 6.45) is 0. The van der Waals surface area contributed by atoms with Crippen LogP contribution in [-0.2, 0) is 0 Å². The van der Waals surface area contributed by atoms with E-state index in [1.54, 1.807) is 0 Å². The Morgan fingerprint density at radius 2 is 0.745 bits per heavy atom. The molecule has 2 heterocycles. The van der Waals surface area contributed by atoms with Crippen molar-refractivity contribution in [3.05, 3.63) is 206 Å². The van der Waals surface area contributed by atoms with E-state index in [2.05, 4.69) is 215 Å². The predicted molar refractivity (Wildman–Crippen MR) is 219 cm³/mol. The summed E-state index contributed by atoms with van der Waals surface area (Å²) in [4.78, 5) is 0. The molecule has 2 aromatic heterocycles. The minimum absolute atomic E-state index is 1.15. The number of hydrogen-bond acceptors (Lipinski definition) is 0. The summed E-state index contributed by atoms with van der Waals surface area (Å²) in [6, 6.07) is 76.2. The van der Waals surface area contributed by atoms with Gasteiger partial charge in [-0.1, -0.05) is 164 Å². The van der Waals surface area contributed by atoms with Gasteiger partial charge < -0.3 is 9.13 Å². The second-order valence-electron chi connectivity index (χ2n) is 13.3. The average Bonchev–Trinajstić information content (AvgIpc) is 3.73. The van der Waals surface area contributed by atoms with Crippen LogP contribution in [0.5, 0.6) is 0 Å². The Kier molecular flexibility index (Phi) is 6.86. The molecule has 3 heteroatoms. The Morgan fingerprint density at radius 1 is 0.294 bits per heavy atom. The molecular formula is C48H34N2Si. The Morgan fingerprint density at radius 3 is 1.35 bits per heavy atom. The first-order valence-electron chi connectivity index (χ1n) is 17.6. The lowest BCUT2D eigenvalue weighted by Crippen LogP contribution is -2.74. The molecule has 0 atom stereocenters. The zero-order valence-corrected chi connectivity index (χ0v) is 29.0. The summed E-state index contributed by atoms with van der Waals surface area (Å²) in [5.41, 5.74) is 7.15. The van der Waals surface area contributed by atoms with E-state index in [1.165, 1.54) is 64.4 Å². The summed E-state index contributed by atoms with van der Waals surface area (Å²) >= 11 is 0. The Hall–Kier alpha value is -6.42. The van der Waals surface area contributed by atoms with Crippen molar-refractivity contribution in [2.45, 2.75) is 0 Å². The number of para-hydroxylation sites is 3. The van der Waals surface area contributed by atoms with Gasteiger partial charge in [-0.2, -0.15) is 0 Å². The summed E-state index contributed by atoms with van der Waals surface area (Å²) in [7, 11) is -2.81. The highest BCUT2D eigenvalue weighted by Crippen LogP contribution is 2.37. The minimum Gasteiger partial charge on any atom is -0.309 e. The van der Waals surface area contributed by atoms with Crippen molar-refractivity contribution < 1.29 is 0 Å². The van der Waals surface area contributed by atoms with Gasteiger partial charge in [-0.3, -0.25) is 0 Å². The van der Waals surface area contributed by atoms with Gasteiger partial charge in [0.15, 0.2) is 8.07 Å². The standard InChI is InChI=1S/C48H34N2Si/c1-5-18-35(19-6-1)49-43-28-15-13-26-40(43)41-33-32-36(34-46(41)49)50-44-29-16-14-27-42(44)48-45(50)30-17-31-47(48)51(37-20-7-2-8-21-37,38-22-9-3-10-23-38)39-24-11-4-12-25-39/h1-34H. The molecule has 0 aliphatic carbocycles. The van der Waals surface area contributed by atoms with E-state index in [0.717, 1.165) is 11.4 Å². The Labute approximate surface area is 298 Å². The van der Waals surface area contributed by atoms with Crippen molar-refractivity contribution >= 4 is 72.4 Å². The molecule has 0 N–H and O–H groups in total. The van der Waals surface area contributed by atoms with E-state index < -0.39 is 8.07 Å². The first kappa shape index (κ1) is 29.5. The van der Waals surface area contributed by atoms with Crippen LogP contribution in [0.2, 0.25) is 0 Å². The third-order valence-corrected chi connectivity index (χ3v) is 15.5. The van der Waals surface area contributed by atoms with Crippen molar-refractivity contribution in [1.29, 1.82) is 0 Å². The number of fused-ring (bicyclic) bond motifs is 6. The maximum atomic E-state index is 2.49. The van der Waals surface area contributed by atoms with Gasteiger partial charge in [-0.15, -0.1) is 0 Å². The molecule has 2 nitrogen and oxygen atoms in total. The number of benzene rings is 8. The molecule has 0 saturated carbocycles. The normalized spacial score (nSPS) is 11.9. The molecule has 0 unspecified atom stereocenters. The van der Waals surface area contributed by atoms with Gasteiger partial charge >= 0.3 is 0 Å². The maximum Gasteiger partial charge on any atom is 0.180 e. The van der Waals surface area contributed by atoms with E-state index >= 15 is 0 Å². The van der Waals surface area contributed by atoms with Crippen LogP contribution in [0.15, 0.2) is 206 Å². The number of hydrogen-bond donors (Lipinski definition) is 0.